The molecule has 1 aliphatic rings. The number of piperidine rings is 1. The summed E-state index contributed by atoms with van der Waals surface area (Å²) < 4.78 is 57.5. The van der Waals surface area contributed by atoms with Gasteiger partial charge in [0.1, 0.15) is 17.3 Å². The minimum Gasteiger partial charge on any atom is -0.456 e. The number of carbonyl (C=O) groups is 1. The van der Waals surface area contributed by atoms with Gasteiger partial charge in [0.2, 0.25) is 15.9 Å². The first-order valence-electron chi connectivity index (χ1n) is 9.58. The normalized spacial score (nSPS) is 16.1. The lowest BCUT2D eigenvalue weighted by atomic mass is 10.2. The van der Waals surface area contributed by atoms with Crippen LogP contribution in [0.5, 0.6) is 11.5 Å². The summed E-state index contributed by atoms with van der Waals surface area (Å²) in [5.74, 6) is -0.270. The smallest absolute Gasteiger partial charge is 0.243 e. The van der Waals surface area contributed by atoms with E-state index in [-0.39, 0.29) is 30.8 Å². The van der Waals surface area contributed by atoms with Gasteiger partial charge in [0, 0.05) is 20.1 Å². The highest BCUT2D eigenvalue weighted by Gasteiger charge is 2.35. The van der Waals surface area contributed by atoms with Gasteiger partial charge in [0.25, 0.3) is 0 Å². The number of ether oxygens (including phenoxy) is 1. The number of hydrogen-bond donors (Lipinski definition) is 1. The number of rotatable bonds is 7. The number of hydrogen-bond acceptors (Lipinski definition) is 6. The third-order valence-corrected chi connectivity index (χ3v) is 9.42. The number of para-hydroxylation sites is 1. The first-order valence-corrected chi connectivity index (χ1v) is 13.1. The number of amides is 1. The van der Waals surface area contributed by atoms with Gasteiger partial charge in [0.15, 0.2) is 9.84 Å². The minimum absolute atomic E-state index is 0.0673. The zero-order chi connectivity index (χ0) is 22.6. The number of carbonyl (C=O) groups excluding carboxylic acids is 1. The predicted molar refractivity (Wildman–Crippen MR) is 118 cm³/mol. The highest BCUT2D eigenvalue weighted by Crippen LogP contribution is 2.30. The molecular weight excluding hydrogens is 464 g/mol. The van der Waals surface area contributed by atoms with Gasteiger partial charge < -0.3 is 10.1 Å². The van der Waals surface area contributed by atoms with E-state index in [1.807, 2.05) is 0 Å². The summed E-state index contributed by atoms with van der Waals surface area (Å²) in [5.41, 5.74) is 0. The first kappa shape index (κ1) is 23.5. The van der Waals surface area contributed by atoms with E-state index in [1.165, 1.54) is 35.6 Å². The van der Waals surface area contributed by atoms with E-state index < -0.39 is 36.8 Å². The lowest BCUT2D eigenvalue weighted by Gasteiger charge is -2.30. The fourth-order valence-corrected chi connectivity index (χ4v) is 6.61. The second-order valence-corrected chi connectivity index (χ2v) is 11.7. The van der Waals surface area contributed by atoms with Crippen molar-refractivity contribution in [1.29, 1.82) is 0 Å². The average Bonchev–Trinajstić information content (AvgIpc) is 2.75. The van der Waals surface area contributed by atoms with E-state index in [0.29, 0.717) is 16.5 Å². The Labute approximate surface area is 187 Å². The SMILES string of the molecule is CNC(=O)CS(=O)(=O)C1CCN(S(=O)(=O)c2ccc(Oc3ccccc3Cl)cc2)CC1. The first-order chi connectivity index (χ1) is 14.6. The van der Waals surface area contributed by atoms with Crippen molar-refractivity contribution in [3.05, 3.63) is 53.6 Å². The molecule has 0 aromatic heterocycles. The molecule has 31 heavy (non-hydrogen) atoms. The lowest BCUT2D eigenvalue weighted by Crippen LogP contribution is -2.44. The predicted octanol–water partition coefficient (Wildman–Crippen LogP) is 2.45. The zero-order valence-electron chi connectivity index (χ0n) is 16.8. The molecular formula is C20H23ClN2O6S2. The Morgan fingerprint density at radius 3 is 2.26 bits per heavy atom. The number of benzene rings is 2. The quantitative estimate of drug-likeness (QED) is 0.643. The number of sulfone groups is 1. The maximum absolute atomic E-state index is 12.9. The molecule has 11 heteroatoms. The van der Waals surface area contributed by atoms with Crippen LogP contribution in [-0.4, -0.2) is 58.2 Å². The molecule has 0 radical (unpaired) electrons. The molecule has 1 amide bonds. The molecule has 1 aliphatic heterocycles. The zero-order valence-corrected chi connectivity index (χ0v) is 19.2. The van der Waals surface area contributed by atoms with Gasteiger partial charge in [-0.2, -0.15) is 4.31 Å². The van der Waals surface area contributed by atoms with Crippen LogP contribution in [0.2, 0.25) is 5.02 Å². The Bertz CT molecular complexity index is 1140. The lowest BCUT2D eigenvalue weighted by molar-refractivity contribution is -0.118. The highest BCUT2D eigenvalue weighted by molar-refractivity contribution is 7.92. The van der Waals surface area contributed by atoms with E-state index in [4.69, 9.17) is 16.3 Å². The van der Waals surface area contributed by atoms with Gasteiger partial charge in [-0.05, 0) is 49.2 Å². The second kappa shape index (κ2) is 9.56. The molecule has 0 aliphatic carbocycles. The largest absolute Gasteiger partial charge is 0.456 e. The third-order valence-electron chi connectivity index (χ3n) is 5.05. The summed E-state index contributed by atoms with van der Waals surface area (Å²) in [6.07, 6.45) is 0.290. The summed E-state index contributed by atoms with van der Waals surface area (Å²) in [6.45, 7) is 0.135. The number of nitrogens with one attached hydrogen (secondary N) is 1. The third kappa shape index (κ3) is 5.57. The van der Waals surface area contributed by atoms with Crippen LogP contribution >= 0.6 is 11.6 Å². The van der Waals surface area contributed by atoms with E-state index in [0.717, 1.165) is 0 Å². The second-order valence-electron chi connectivity index (χ2n) is 7.09. The molecule has 0 unspecified atom stereocenters. The van der Waals surface area contributed by atoms with E-state index >= 15 is 0 Å². The minimum atomic E-state index is -3.78. The van der Waals surface area contributed by atoms with E-state index in [9.17, 15) is 21.6 Å². The fraction of sp³-hybridized carbons (Fsp3) is 0.350. The van der Waals surface area contributed by atoms with Crippen molar-refractivity contribution in [1.82, 2.24) is 9.62 Å². The standard InChI is InChI=1S/C20H23ClN2O6S2/c1-22-20(24)14-30(25,26)16-10-12-23(13-11-16)31(27,28)17-8-6-15(7-9-17)29-19-5-3-2-4-18(19)21/h2-9,16H,10-14H2,1H3,(H,22,24). The molecule has 2 aromatic rings. The molecule has 2 aromatic carbocycles. The van der Waals surface area contributed by atoms with Gasteiger partial charge in [-0.3, -0.25) is 4.79 Å². The number of sulfonamides is 1. The summed E-state index contributed by atoms with van der Waals surface area (Å²) in [5, 5.41) is 2.00. The molecule has 3 rings (SSSR count). The average molecular weight is 487 g/mol. The van der Waals surface area contributed by atoms with Crippen LogP contribution in [-0.2, 0) is 24.7 Å². The van der Waals surface area contributed by atoms with Crippen molar-refractivity contribution in [2.75, 3.05) is 25.9 Å². The number of nitrogens with zero attached hydrogens (tertiary/aromatic N) is 1. The molecule has 1 heterocycles. The van der Waals surface area contributed by atoms with Crippen LogP contribution < -0.4 is 10.1 Å². The van der Waals surface area contributed by atoms with Gasteiger partial charge in [0.05, 0.1) is 15.2 Å². The molecule has 0 bridgehead atoms. The highest BCUT2D eigenvalue weighted by atomic mass is 35.5. The molecule has 1 N–H and O–H groups in total. The summed E-state index contributed by atoms with van der Waals surface area (Å²) >= 11 is 6.07. The van der Waals surface area contributed by atoms with E-state index in [2.05, 4.69) is 5.32 Å². The van der Waals surface area contributed by atoms with Gasteiger partial charge in [-0.15, -0.1) is 0 Å². The molecule has 0 spiro atoms. The monoisotopic (exact) mass is 486 g/mol. The van der Waals surface area contributed by atoms with Crippen LogP contribution in [0, 0.1) is 0 Å². The summed E-state index contributed by atoms with van der Waals surface area (Å²) in [7, 11) is -6.03. The van der Waals surface area contributed by atoms with Gasteiger partial charge in [-0.1, -0.05) is 23.7 Å². The molecule has 168 valence electrons. The fourth-order valence-electron chi connectivity index (χ4n) is 3.29. The Morgan fingerprint density at radius 2 is 1.68 bits per heavy atom. The topological polar surface area (TPSA) is 110 Å². The van der Waals surface area contributed by atoms with Crippen LogP contribution in [0.3, 0.4) is 0 Å². The maximum atomic E-state index is 12.9. The van der Waals surface area contributed by atoms with Crippen molar-refractivity contribution < 1.29 is 26.4 Å². The van der Waals surface area contributed by atoms with Crippen LogP contribution in [0.15, 0.2) is 53.4 Å². The van der Waals surface area contributed by atoms with Gasteiger partial charge in [-0.25, -0.2) is 16.8 Å². The maximum Gasteiger partial charge on any atom is 0.243 e. The van der Waals surface area contributed by atoms with Crippen molar-refractivity contribution in [2.24, 2.45) is 0 Å². The van der Waals surface area contributed by atoms with Crippen molar-refractivity contribution in [3.63, 3.8) is 0 Å². The Hall–Kier alpha value is -2.14. The van der Waals surface area contributed by atoms with Crippen LogP contribution in [0.1, 0.15) is 12.8 Å². The Balaban J connectivity index is 1.66. The molecule has 0 atom stereocenters. The summed E-state index contributed by atoms with van der Waals surface area (Å²) in [6, 6.07) is 12.9. The molecule has 0 saturated carbocycles. The molecule has 1 fully saturated rings. The Morgan fingerprint density at radius 1 is 1.06 bits per heavy atom. The van der Waals surface area contributed by atoms with Crippen LogP contribution in [0.4, 0.5) is 0 Å². The summed E-state index contributed by atoms with van der Waals surface area (Å²) in [4.78, 5) is 11.5. The van der Waals surface area contributed by atoms with Crippen LogP contribution in [0.25, 0.3) is 0 Å². The number of halogens is 1. The van der Waals surface area contributed by atoms with E-state index in [1.54, 1.807) is 24.3 Å². The van der Waals surface area contributed by atoms with Crippen molar-refractivity contribution in [2.45, 2.75) is 23.0 Å². The van der Waals surface area contributed by atoms with Crippen molar-refractivity contribution >= 4 is 37.4 Å². The molecule has 1 saturated heterocycles. The molecule has 8 nitrogen and oxygen atoms in total. The Kier molecular flexibility index (Phi) is 7.25. The van der Waals surface area contributed by atoms with Gasteiger partial charge >= 0.3 is 0 Å². The van der Waals surface area contributed by atoms with Crippen molar-refractivity contribution in [3.8, 4) is 11.5 Å².